The van der Waals surface area contributed by atoms with E-state index in [0.29, 0.717) is 0 Å². The van der Waals surface area contributed by atoms with Crippen molar-refractivity contribution >= 4 is 17.8 Å². The number of rotatable bonds is 3. The standard InChI is InChI=1S/C17H22N2S.C2H6/c1-12-6-11-16(18-13(12)2)19-20-15-9-7-14(8-10-15)17(3,4)5;1-2/h6-11H,1-5H3,(H,18,19);1-2H3. The van der Waals surface area contributed by atoms with Crippen molar-refractivity contribution in [3.63, 3.8) is 0 Å². The molecular weight excluding hydrogens is 288 g/mol. The molecule has 0 spiro atoms. The van der Waals surface area contributed by atoms with E-state index in [2.05, 4.69) is 67.7 Å². The van der Waals surface area contributed by atoms with Gasteiger partial charge in [0.15, 0.2) is 0 Å². The Balaban J connectivity index is 0.00000116. The summed E-state index contributed by atoms with van der Waals surface area (Å²) in [6.45, 7) is 14.8. The maximum absolute atomic E-state index is 4.51. The van der Waals surface area contributed by atoms with E-state index in [-0.39, 0.29) is 5.41 Å². The third kappa shape index (κ3) is 5.38. The topological polar surface area (TPSA) is 24.9 Å². The fraction of sp³-hybridized carbons (Fsp3) is 0.421. The third-order valence-electron chi connectivity index (χ3n) is 3.34. The van der Waals surface area contributed by atoms with E-state index in [9.17, 15) is 0 Å². The zero-order valence-corrected chi connectivity index (χ0v) is 15.6. The average Bonchev–Trinajstić information content (AvgIpc) is 2.50. The number of hydrogen-bond acceptors (Lipinski definition) is 3. The van der Waals surface area contributed by atoms with Crippen LogP contribution in [0.25, 0.3) is 0 Å². The summed E-state index contributed by atoms with van der Waals surface area (Å²) < 4.78 is 3.29. The van der Waals surface area contributed by atoms with E-state index in [0.717, 1.165) is 11.5 Å². The molecule has 0 saturated carbocycles. The molecule has 2 rings (SSSR count). The summed E-state index contributed by atoms with van der Waals surface area (Å²) in [5, 5.41) is 0. The Kier molecular flexibility index (Phi) is 6.95. The SMILES string of the molecule is CC.Cc1ccc(NSc2ccc(C(C)(C)C)cc2)nc1C. The average molecular weight is 317 g/mol. The predicted molar refractivity (Wildman–Crippen MR) is 99.7 cm³/mol. The van der Waals surface area contributed by atoms with Gasteiger partial charge in [0.05, 0.1) is 0 Å². The van der Waals surface area contributed by atoms with Crippen molar-refractivity contribution in [3.05, 3.63) is 53.2 Å². The number of anilines is 1. The van der Waals surface area contributed by atoms with Crippen molar-refractivity contribution in [1.29, 1.82) is 0 Å². The molecule has 22 heavy (non-hydrogen) atoms. The summed E-state index contributed by atoms with van der Waals surface area (Å²) in [5.41, 5.74) is 3.84. The Hall–Kier alpha value is -1.48. The molecule has 1 aromatic carbocycles. The van der Waals surface area contributed by atoms with E-state index in [4.69, 9.17) is 0 Å². The molecule has 0 unspecified atom stereocenters. The molecule has 0 amide bonds. The Morgan fingerprint density at radius 2 is 1.50 bits per heavy atom. The van der Waals surface area contributed by atoms with Crippen molar-refractivity contribution in [1.82, 2.24) is 4.98 Å². The zero-order valence-electron chi connectivity index (χ0n) is 14.8. The number of pyridine rings is 1. The monoisotopic (exact) mass is 316 g/mol. The van der Waals surface area contributed by atoms with E-state index in [1.54, 1.807) is 11.9 Å². The molecule has 2 nitrogen and oxygen atoms in total. The van der Waals surface area contributed by atoms with Gasteiger partial charge in [-0.2, -0.15) is 0 Å². The van der Waals surface area contributed by atoms with E-state index < -0.39 is 0 Å². The maximum atomic E-state index is 4.51. The lowest BCUT2D eigenvalue weighted by atomic mass is 9.87. The van der Waals surface area contributed by atoms with Crippen LogP contribution >= 0.6 is 11.9 Å². The molecule has 2 aromatic rings. The van der Waals surface area contributed by atoms with Gasteiger partial charge in [-0.25, -0.2) is 4.98 Å². The fourth-order valence-corrected chi connectivity index (χ4v) is 2.43. The highest BCUT2D eigenvalue weighted by Crippen LogP contribution is 2.26. The first-order valence-electron chi connectivity index (χ1n) is 7.84. The Bertz CT molecular complexity index is 583. The Morgan fingerprint density at radius 3 is 2.00 bits per heavy atom. The summed E-state index contributed by atoms with van der Waals surface area (Å²) >= 11 is 1.59. The van der Waals surface area contributed by atoms with Crippen LogP contribution < -0.4 is 4.72 Å². The minimum Gasteiger partial charge on any atom is -0.310 e. The van der Waals surface area contributed by atoms with Gasteiger partial charge in [-0.3, -0.25) is 0 Å². The van der Waals surface area contributed by atoms with Crippen LogP contribution in [-0.4, -0.2) is 4.98 Å². The van der Waals surface area contributed by atoms with Crippen molar-refractivity contribution < 1.29 is 0 Å². The lowest BCUT2D eigenvalue weighted by Crippen LogP contribution is -2.10. The van der Waals surface area contributed by atoms with Crippen LogP contribution in [0.2, 0.25) is 0 Å². The van der Waals surface area contributed by atoms with Gasteiger partial charge in [0.1, 0.15) is 5.82 Å². The van der Waals surface area contributed by atoms with Crippen LogP contribution in [0.15, 0.2) is 41.3 Å². The van der Waals surface area contributed by atoms with Crippen LogP contribution in [0, 0.1) is 13.8 Å². The quantitative estimate of drug-likeness (QED) is 0.688. The van der Waals surface area contributed by atoms with Gasteiger partial charge in [0, 0.05) is 10.6 Å². The van der Waals surface area contributed by atoms with E-state index >= 15 is 0 Å². The number of aromatic nitrogens is 1. The van der Waals surface area contributed by atoms with Gasteiger partial charge in [-0.05, 0) is 60.5 Å². The number of aryl methyl sites for hydroxylation is 2. The summed E-state index contributed by atoms with van der Waals surface area (Å²) in [6, 6.07) is 12.8. The normalized spacial score (nSPS) is 10.7. The lowest BCUT2D eigenvalue weighted by molar-refractivity contribution is 0.590. The second kappa shape index (κ2) is 8.23. The molecule has 3 heteroatoms. The Labute approximate surface area is 139 Å². The fourth-order valence-electron chi connectivity index (χ4n) is 1.82. The van der Waals surface area contributed by atoms with Crippen LogP contribution in [-0.2, 0) is 5.41 Å². The minimum absolute atomic E-state index is 0.201. The molecule has 0 bridgehead atoms. The zero-order chi connectivity index (χ0) is 16.8. The summed E-state index contributed by atoms with van der Waals surface area (Å²) in [6.07, 6.45) is 0. The second-order valence-electron chi connectivity index (χ2n) is 6.08. The van der Waals surface area contributed by atoms with Crippen molar-refractivity contribution in [2.24, 2.45) is 0 Å². The summed E-state index contributed by atoms with van der Waals surface area (Å²) in [7, 11) is 0. The third-order valence-corrected chi connectivity index (χ3v) is 4.16. The number of hydrogen-bond donors (Lipinski definition) is 1. The summed E-state index contributed by atoms with van der Waals surface area (Å²) in [5.74, 6) is 0.901. The molecule has 1 heterocycles. The molecule has 0 aliphatic heterocycles. The van der Waals surface area contributed by atoms with Gasteiger partial charge in [0.2, 0.25) is 0 Å². The number of benzene rings is 1. The maximum Gasteiger partial charge on any atom is 0.136 e. The molecule has 0 radical (unpaired) electrons. The largest absolute Gasteiger partial charge is 0.310 e. The lowest BCUT2D eigenvalue weighted by Gasteiger charge is -2.19. The number of nitrogens with one attached hydrogen (secondary N) is 1. The van der Waals surface area contributed by atoms with Gasteiger partial charge < -0.3 is 4.72 Å². The Morgan fingerprint density at radius 1 is 0.909 bits per heavy atom. The molecule has 0 aliphatic carbocycles. The molecule has 0 aliphatic rings. The smallest absolute Gasteiger partial charge is 0.136 e. The van der Waals surface area contributed by atoms with Gasteiger partial charge in [-0.15, -0.1) is 0 Å². The number of nitrogens with zero attached hydrogens (tertiary/aromatic N) is 1. The molecule has 1 aromatic heterocycles. The first-order chi connectivity index (χ1) is 10.4. The van der Waals surface area contributed by atoms with Crippen LogP contribution in [0.4, 0.5) is 5.82 Å². The second-order valence-corrected chi connectivity index (χ2v) is 6.96. The highest BCUT2D eigenvalue weighted by molar-refractivity contribution is 8.00. The van der Waals surface area contributed by atoms with Crippen molar-refractivity contribution in [3.8, 4) is 0 Å². The first kappa shape index (κ1) is 18.6. The first-order valence-corrected chi connectivity index (χ1v) is 8.65. The van der Waals surface area contributed by atoms with Gasteiger partial charge >= 0.3 is 0 Å². The highest BCUT2D eigenvalue weighted by atomic mass is 32.2. The van der Waals surface area contributed by atoms with Crippen molar-refractivity contribution in [2.45, 2.75) is 58.8 Å². The molecule has 0 fully saturated rings. The van der Waals surface area contributed by atoms with Crippen molar-refractivity contribution in [2.75, 3.05) is 4.72 Å². The van der Waals surface area contributed by atoms with E-state index in [1.807, 2.05) is 26.8 Å². The molecule has 1 N–H and O–H groups in total. The molecule has 120 valence electrons. The predicted octanol–water partition coefficient (Wildman–Crippen LogP) is 6.14. The van der Waals surface area contributed by atoms with Gasteiger partial charge in [-0.1, -0.05) is 52.8 Å². The van der Waals surface area contributed by atoms with Crippen LogP contribution in [0.1, 0.15) is 51.4 Å². The minimum atomic E-state index is 0.201. The molecule has 0 saturated heterocycles. The molecular formula is C19H28N2S. The highest BCUT2D eigenvalue weighted by Gasteiger charge is 2.12. The summed E-state index contributed by atoms with van der Waals surface area (Å²) in [4.78, 5) is 5.71. The molecule has 0 atom stereocenters. The van der Waals surface area contributed by atoms with E-state index in [1.165, 1.54) is 16.0 Å². The van der Waals surface area contributed by atoms with Crippen LogP contribution in [0.5, 0.6) is 0 Å². The van der Waals surface area contributed by atoms with Crippen LogP contribution in [0.3, 0.4) is 0 Å². The van der Waals surface area contributed by atoms with Gasteiger partial charge in [0.25, 0.3) is 0 Å².